The van der Waals surface area contributed by atoms with Crippen molar-refractivity contribution in [2.45, 2.75) is 6.10 Å². The summed E-state index contributed by atoms with van der Waals surface area (Å²) in [5.41, 5.74) is 1.20. The maximum absolute atomic E-state index is 10.2. The van der Waals surface area contributed by atoms with Crippen molar-refractivity contribution in [3.63, 3.8) is 0 Å². The SMILES string of the molecule is O[C@H](COc1ccccc1)CN1CCN(c2ccc(Cl)cc2)CC1. The molecule has 24 heavy (non-hydrogen) atoms. The summed E-state index contributed by atoms with van der Waals surface area (Å²) in [6.07, 6.45) is -0.479. The lowest BCUT2D eigenvalue weighted by Crippen LogP contribution is -2.49. The number of aliphatic hydroxyl groups excluding tert-OH is 1. The number of rotatable bonds is 6. The Morgan fingerprint density at radius 2 is 1.62 bits per heavy atom. The number of ether oxygens (including phenoxy) is 1. The monoisotopic (exact) mass is 346 g/mol. The van der Waals surface area contributed by atoms with E-state index in [0.717, 1.165) is 37.0 Å². The fraction of sp³-hybridized carbons (Fsp3) is 0.368. The molecule has 0 unspecified atom stereocenters. The Morgan fingerprint density at radius 3 is 2.29 bits per heavy atom. The molecule has 128 valence electrons. The van der Waals surface area contributed by atoms with Gasteiger partial charge in [-0.1, -0.05) is 29.8 Å². The Kier molecular flexibility index (Phi) is 5.96. The molecule has 0 aliphatic carbocycles. The highest BCUT2D eigenvalue weighted by Gasteiger charge is 2.19. The van der Waals surface area contributed by atoms with Gasteiger partial charge >= 0.3 is 0 Å². The smallest absolute Gasteiger partial charge is 0.119 e. The van der Waals surface area contributed by atoms with Crippen molar-refractivity contribution in [2.75, 3.05) is 44.2 Å². The minimum Gasteiger partial charge on any atom is -0.491 e. The molecule has 1 heterocycles. The van der Waals surface area contributed by atoms with Crippen LogP contribution in [-0.4, -0.2) is 55.4 Å². The van der Waals surface area contributed by atoms with Gasteiger partial charge < -0.3 is 14.7 Å². The molecule has 1 atom stereocenters. The lowest BCUT2D eigenvalue weighted by Gasteiger charge is -2.36. The van der Waals surface area contributed by atoms with E-state index in [1.807, 2.05) is 42.5 Å². The van der Waals surface area contributed by atoms with E-state index in [9.17, 15) is 5.11 Å². The number of halogens is 1. The number of nitrogens with zero attached hydrogens (tertiary/aromatic N) is 2. The van der Waals surface area contributed by atoms with Crippen LogP contribution in [-0.2, 0) is 0 Å². The largest absolute Gasteiger partial charge is 0.491 e. The molecule has 3 rings (SSSR count). The number of aliphatic hydroxyl groups is 1. The van der Waals surface area contributed by atoms with Gasteiger partial charge in [0.2, 0.25) is 0 Å². The predicted molar refractivity (Wildman–Crippen MR) is 98.0 cm³/mol. The first-order chi connectivity index (χ1) is 11.7. The molecule has 0 amide bonds. The van der Waals surface area contributed by atoms with E-state index in [0.29, 0.717) is 13.2 Å². The minimum absolute atomic E-state index is 0.321. The zero-order valence-corrected chi connectivity index (χ0v) is 14.4. The third kappa shape index (κ3) is 4.87. The van der Waals surface area contributed by atoms with E-state index >= 15 is 0 Å². The molecule has 1 aliphatic heterocycles. The molecule has 1 saturated heterocycles. The fourth-order valence-electron chi connectivity index (χ4n) is 2.90. The molecule has 4 nitrogen and oxygen atoms in total. The molecule has 0 radical (unpaired) electrons. The van der Waals surface area contributed by atoms with Gasteiger partial charge in [-0.15, -0.1) is 0 Å². The van der Waals surface area contributed by atoms with Crippen LogP contribution in [0.4, 0.5) is 5.69 Å². The van der Waals surface area contributed by atoms with E-state index in [4.69, 9.17) is 16.3 Å². The minimum atomic E-state index is -0.479. The van der Waals surface area contributed by atoms with Gasteiger partial charge in [-0.25, -0.2) is 0 Å². The standard InChI is InChI=1S/C19H23ClN2O2/c20-16-6-8-17(9-7-16)22-12-10-21(11-13-22)14-18(23)15-24-19-4-2-1-3-5-19/h1-9,18,23H,10-15H2/t18-/m0/s1. The highest BCUT2D eigenvalue weighted by atomic mass is 35.5. The number of benzene rings is 2. The summed E-state index contributed by atoms with van der Waals surface area (Å²) in [7, 11) is 0. The molecule has 0 spiro atoms. The van der Waals surface area contributed by atoms with Gasteiger partial charge in [0.25, 0.3) is 0 Å². The first-order valence-corrected chi connectivity index (χ1v) is 8.67. The molecule has 2 aromatic carbocycles. The van der Waals surface area contributed by atoms with Crippen LogP contribution < -0.4 is 9.64 Å². The molecule has 2 aromatic rings. The van der Waals surface area contributed by atoms with Crippen molar-refractivity contribution in [2.24, 2.45) is 0 Å². The predicted octanol–water partition coefficient (Wildman–Crippen LogP) is 2.90. The Bertz CT molecular complexity index is 613. The van der Waals surface area contributed by atoms with E-state index in [1.165, 1.54) is 5.69 Å². The van der Waals surface area contributed by atoms with Crippen LogP contribution in [0.2, 0.25) is 5.02 Å². The summed E-state index contributed by atoms with van der Waals surface area (Å²) in [6.45, 7) is 4.74. The van der Waals surface area contributed by atoms with Gasteiger partial charge in [0.1, 0.15) is 18.5 Å². The second-order valence-corrected chi connectivity index (χ2v) is 6.48. The topological polar surface area (TPSA) is 35.9 Å². The molecular formula is C19H23ClN2O2. The summed E-state index contributed by atoms with van der Waals surface area (Å²) in [5, 5.41) is 10.9. The second kappa shape index (κ2) is 8.38. The summed E-state index contributed by atoms with van der Waals surface area (Å²) in [5.74, 6) is 0.795. The van der Waals surface area contributed by atoms with Crippen LogP contribution in [0.1, 0.15) is 0 Å². The molecule has 0 aromatic heterocycles. The van der Waals surface area contributed by atoms with Crippen molar-refractivity contribution >= 4 is 17.3 Å². The maximum Gasteiger partial charge on any atom is 0.119 e. The first kappa shape index (κ1) is 17.1. The summed E-state index contributed by atoms with van der Waals surface area (Å²) < 4.78 is 5.61. The molecule has 1 aliphatic rings. The van der Waals surface area contributed by atoms with Crippen LogP contribution in [0, 0.1) is 0 Å². The van der Waals surface area contributed by atoms with Crippen molar-refractivity contribution in [3.8, 4) is 5.75 Å². The quantitative estimate of drug-likeness (QED) is 0.872. The van der Waals surface area contributed by atoms with E-state index in [1.54, 1.807) is 0 Å². The number of β-amino-alcohol motifs (C(OH)–C–C–N with tert-alkyl or cyclic N) is 1. The second-order valence-electron chi connectivity index (χ2n) is 6.04. The zero-order chi connectivity index (χ0) is 16.8. The average Bonchev–Trinajstić information content (AvgIpc) is 2.62. The van der Waals surface area contributed by atoms with Gasteiger partial charge in [-0.3, -0.25) is 4.90 Å². The zero-order valence-electron chi connectivity index (χ0n) is 13.6. The summed E-state index contributed by atoms with van der Waals surface area (Å²) >= 11 is 5.94. The van der Waals surface area contributed by atoms with Gasteiger partial charge in [-0.05, 0) is 36.4 Å². The summed E-state index contributed by atoms with van der Waals surface area (Å²) in [6, 6.07) is 17.6. The Hall–Kier alpha value is -1.75. The molecule has 5 heteroatoms. The van der Waals surface area contributed by atoms with Crippen LogP contribution in [0.5, 0.6) is 5.75 Å². The number of hydrogen-bond donors (Lipinski definition) is 1. The van der Waals surface area contributed by atoms with E-state index in [2.05, 4.69) is 21.9 Å². The van der Waals surface area contributed by atoms with E-state index in [-0.39, 0.29) is 0 Å². The molecule has 0 bridgehead atoms. The molecule has 1 fully saturated rings. The van der Waals surface area contributed by atoms with Crippen LogP contribution >= 0.6 is 11.6 Å². The Morgan fingerprint density at radius 1 is 0.958 bits per heavy atom. The van der Waals surface area contributed by atoms with Gasteiger partial charge in [0.15, 0.2) is 0 Å². The third-order valence-electron chi connectivity index (χ3n) is 4.22. The highest BCUT2D eigenvalue weighted by molar-refractivity contribution is 6.30. The number of anilines is 1. The van der Waals surface area contributed by atoms with Crippen molar-refractivity contribution in [1.82, 2.24) is 4.90 Å². The van der Waals surface area contributed by atoms with Crippen LogP contribution in [0.15, 0.2) is 54.6 Å². The van der Waals surface area contributed by atoms with Crippen molar-refractivity contribution in [3.05, 3.63) is 59.6 Å². The molecular weight excluding hydrogens is 324 g/mol. The highest BCUT2D eigenvalue weighted by Crippen LogP contribution is 2.19. The van der Waals surface area contributed by atoms with Crippen molar-refractivity contribution < 1.29 is 9.84 Å². The number of piperazine rings is 1. The summed E-state index contributed by atoms with van der Waals surface area (Å²) in [4.78, 5) is 4.63. The van der Waals surface area contributed by atoms with Gasteiger partial charge in [0.05, 0.1) is 0 Å². The number of hydrogen-bond acceptors (Lipinski definition) is 4. The van der Waals surface area contributed by atoms with Gasteiger partial charge in [-0.2, -0.15) is 0 Å². The van der Waals surface area contributed by atoms with Crippen LogP contribution in [0.25, 0.3) is 0 Å². The maximum atomic E-state index is 10.2. The molecule has 1 N–H and O–H groups in total. The van der Waals surface area contributed by atoms with Crippen molar-refractivity contribution in [1.29, 1.82) is 0 Å². The Balaban J connectivity index is 1.41. The van der Waals surface area contributed by atoms with Gasteiger partial charge in [0, 0.05) is 43.4 Å². The first-order valence-electron chi connectivity index (χ1n) is 8.29. The normalized spacial score (nSPS) is 16.8. The number of para-hydroxylation sites is 1. The lowest BCUT2D eigenvalue weighted by atomic mass is 10.2. The Labute approximate surface area is 148 Å². The average molecular weight is 347 g/mol. The molecule has 0 saturated carbocycles. The fourth-order valence-corrected chi connectivity index (χ4v) is 3.03. The lowest BCUT2D eigenvalue weighted by molar-refractivity contribution is 0.0663. The third-order valence-corrected chi connectivity index (χ3v) is 4.47. The van der Waals surface area contributed by atoms with E-state index < -0.39 is 6.10 Å². The van der Waals surface area contributed by atoms with Crippen LogP contribution in [0.3, 0.4) is 0 Å².